The molecule has 0 aliphatic rings. The SMILES string of the molecule is CCC(=O)Cc1ccc([N+](=O)[O-])c(OC(C)C)c1. The molecule has 0 aromatic heterocycles. The quantitative estimate of drug-likeness (QED) is 0.575. The van der Waals surface area contributed by atoms with Gasteiger partial charge in [-0.05, 0) is 25.5 Å². The van der Waals surface area contributed by atoms with E-state index in [2.05, 4.69) is 0 Å². The van der Waals surface area contributed by atoms with Gasteiger partial charge in [0.2, 0.25) is 0 Å². The molecule has 5 nitrogen and oxygen atoms in total. The molecular formula is C13H17NO4. The van der Waals surface area contributed by atoms with Crippen molar-refractivity contribution in [1.82, 2.24) is 0 Å². The van der Waals surface area contributed by atoms with Crippen molar-refractivity contribution in [3.05, 3.63) is 33.9 Å². The fraction of sp³-hybridized carbons (Fsp3) is 0.462. The van der Waals surface area contributed by atoms with E-state index in [4.69, 9.17) is 4.74 Å². The highest BCUT2D eigenvalue weighted by molar-refractivity contribution is 5.80. The summed E-state index contributed by atoms with van der Waals surface area (Å²) >= 11 is 0. The zero-order valence-electron chi connectivity index (χ0n) is 10.8. The Labute approximate surface area is 106 Å². The molecule has 98 valence electrons. The van der Waals surface area contributed by atoms with Gasteiger partial charge >= 0.3 is 5.69 Å². The minimum absolute atomic E-state index is 0.0728. The van der Waals surface area contributed by atoms with Crippen LogP contribution in [0.4, 0.5) is 5.69 Å². The molecule has 18 heavy (non-hydrogen) atoms. The first-order valence-corrected chi connectivity index (χ1v) is 5.89. The summed E-state index contributed by atoms with van der Waals surface area (Å²) in [6.07, 6.45) is 0.584. The number of nitrogens with zero attached hydrogens (tertiary/aromatic N) is 1. The third-order valence-electron chi connectivity index (χ3n) is 2.38. The number of nitro benzene ring substituents is 1. The number of ether oxygens (including phenoxy) is 1. The van der Waals surface area contributed by atoms with Gasteiger partial charge in [-0.2, -0.15) is 0 Å². The highest BCUT2D eigenvalue weighted by Gasteiger charge is 2.17. The van der Waals surface area contributed by atoms with Crippen molar-refractivity contribution in [2.75, 3.05) is 0 Å². The lowest BCUT2D eigenvalue weighted by molar-refractivity contribution is -0.386. The summed E-state index contributed by atoms with van der Waals surface area (Å²) in [5, 5.41) is 10.9. The fourth-order valence-electron chi connectivity index (χ4n) is 1.52. The van der Waals surface area contributed by atoms with E-state index in [0.717, 1.165) is 5.56 Å². The first-order chi connectivity index (χ1) is 8.43. The number of nitro groups is 1. The van der Waals surface area contributed by atoms with E-state index < -0.39 is 4.92 Å². The van der Waals surface area contributed by atoms with Crippen molar-refractivity contribution in [2.24, 2.45) is 0 Å². The normalized spacial score (nSPS) is 10.4. The van der Waals surface area contributed by atoms with Gasteiger partial charge in [-0.1, -0.05) is 13.0 Å². The van der Waals surface area contributed by atoms with E-state index in [1.165, 1.54) is 6.07 Å². The number of hydrogen-bond donors (Lipinski definition) is 0. The number of carbonyl (C=O) groups is 1. The maximum Gasteiger partial charge on any atom is 0.310 e. The Hall–Kier alpha value is -1.91. The van der Waals surface area contributed by atoms with E-state index >= 15 is 0 Å². The molecular weight excluding hydrogens is 234 g/mol. The van der Waals surface area contributed by atoms with Gasteiger partial charge in [0.15, 0.2) is 5.75 Å². The average Bonchev–Trinajstić information content (AvgIpc) is 2.27. The Morgan fingerprint density at radius 3 is 2.61 bits per heavy atom. The summed E-state index contributed by atoms with van der Waals surface area (Å²) in [5.74, 6) is 0.316. The van der Waals surface area contributed by atoms with Crippen LogP contribution in [0.15, 0.2) is 18.2 Å². The van der Waals surface area contributed by atoms with Crippen LogP contribution in [0.2, 0.25) is 0 Å². The van der Waals surface area contributed by atoms with Crippen LogP contribution < -0.4 is 4.74 Å². The lowest BCUT2D eigenvalue weighted by Crippen LogP contribution is -2.08. The topological polar surface area (TPSA) is 69.4 Å². The lowest BCUT2D eigenvalue weighted by Gasteiger charge is -2.11. The van der Waals surface area contributed by atoms with Gasteiger partial charge in [0.05, 0.1) is 11.0 Å². The predicted molar refractivity (Wildman–Crippen MR) is 67.9 cm³/mol. The summed E-state index contributed by atoms with van der Waals surface area (Å²) in [4.78, 5) is 21.7. The molecule has 0 saturated carbocycles. The molecule has 0 amide bonds. The molecule has 1 aromatic rings. The second-order valence-electron chi connectivity index (χ2n) is 4.29. The van der Waals surface area contributed by atoms with Gasteiger partial charge in [-0.25, -0.2) is 0 Å². The van der Waals surface area contributed by atoms with Crippen LogP contribution in [0.5, 0.6) is 5.75 Å². The van der Waals surface area contributed by atoms with Gasteiger partial charge in [-0.15, -0.1) is 0 Å². The summed E-state index contributed by atoms with van der Waals surface area (Å²) in [7, 11) is 0. The van der Waals surface area contributed by atoms with Gasteiger partial charge in [0.1, 0.15) is 5.78 Å². The van der Waals surface area contributed by atoms with Gasteiger partial charge < -0.3 is 4.74 Å². The number of benzene rings is 1. The molecule has 1 rings (SSSR count). The molecule has 0 unspecified atom stereocenters. The fourth-order valence-corrected chi connectivity index (χ4v) is 1.52. The first-order valence-electron chi connectivity index (χ1n) is 5.89. The summed E-state index contributed by atoms with van der Waals surface area (Å²) in [5.41, 5.74) is 0.666. The molecule has 0 fully saturated rings. The van der Waals surface area contributed by atoms with E-state index in [0.29, 0.717) is 6.42 Å². The maximum absolute atomic E-state index is 11.4. The molecule has 0 spiro atoms. The van der Waals surface area contributed by atoms with E-state index in [-0.39, 0.29) is 29.7 Å². The molecule has 5 heteroatoms. The first kappa shape index (κ1) is 14.2. The monoisotopic (exact) mass is 251 g/mol. The number of Topliss-reactive ketones (excluding diaryl/α,β-unsaturated/α-hetero) is 1. The van der Waals surface area contributed by atoms with Crippen molar-refractivity contribution < 1.29 is 14.5 Å². The standard InChI is InChI=1S/C13H17NO4/c1-4-11(15)7-10-5-6-12(14(16)17)13(8-10)18-9(2)3/h5-6,8-9H,4,7H2,1-3H3. The van der Waals surface area contributed by atoms with Crippen molar-refractivity contribution >= 4 is 11.5 Å². The minimum atomic E-state index is -0.483. The summed E-state index contributed by atoms with van der Waals surface area (Å²) in [6, 6.07) is 4.56. The molecule has 0 aliphatic heterocycles. The molecule has 0 N–H and O–H groups in total. The Kier molecular flexibility index (Phi) is 4.83. The third kappa shape index (κ3) is 3.84. The second-order valence-corrected chi connectivity index (χ2v) is 4.29. The lowest BCUT2D eigenvalue weighted by atomic mass is 10.1. The number of rotatable bonds is 6. The smallest absolute Gasteiger partial charge is 0.310 e. The Morgan fingerprint density at radius 1 is 1.44 bits per heavy atom. The summed E-state index contributed by atoms with van der Waals surface area (Å²) < 4.78 is 5.41. The number of ketones is 1. The molecule has 0 bridgehead atoms. The van der Waals surface area contributed by atoms with Crippen LogP contribution in [-0.2, 0) is 11.2 Å². The van der Waals surface area contributed by atoms with Gasteiger partial charge in [0.25, 0.3) is 0 Å². The Morgan fingerprint density at radius 2 is 2.11 bits per heavy atom. The second kappa shape index (κ2) is 6.14. The van der Waals surface area contributed by atoms with Crippen molar-refractivity contribution in [1.29, 1.82) is 0 Å². The highest BCUT2D eigenvalue weighted by atomic mass is 16.6. The molecule has 0 atom stereocenters. The predicted octanol–water partition coefficient (Wildman–Crippen LogP) is 2.90. The minimum Gasteiger partial charge on any atom is -0.484 e. The molecule has 0 heterocycles. The zero-order valence-corrected chi connectivity index (χ0v) is 10.8. The number of carbonyl (C=O) groups excluding carboxylic acids is 1. The van der Waals surface area contributed by atoms with E-state index in [1.807, 2.05) is 0 Å². The van der Waals surface area contributed by atoms with Crippen molar-refractivity contribution in [2.45, 2.75) is 39.7 Å². The van der Waals surface area contributed by atoms with Gasteiger partial charge in [0, 0.05) is 18.9 Å². The zero-order chi connectivity index (χ0) is 13.7. The summed E-state index contributed by atoms with van der Waals surface area (Å²) in [6.45, 7) is 5.39. The van der Waals surface area contributed by atoms with Crippen LogP contribution in [0, 0.1) is 10.1 Å². The Balaban J connectivity index is 3.04. The van der Waals surface area contributed by atoms with E-state index in [9.17, 15) is 14.9 Å². The highest BCUT2D eigenvalue weighted by Crippen LogP contribution is 2.29. The number of hydrogen-bond acceptors (Lipinski definition) is 4. The van der Waals surface area contributed by atoms with Crippen molar-refractivity contribution in [3.63, 3.8) is 0 Å². The average molecular weight is 251 g/mol. The van der Waals surface area contributed by atoms with Gasteiger partial charge in [-0.3, -0.25) is 14.9 Å². The van der Waals surface area contributed by atoms with Crippen LogP contribution in [-0.4, -0.2) is 16.8 Å². The van der Waals surface area contributed by atoms with Crippen LogP contribution in [0.3, 0.4) is 0 Å². The van der Waals surface area contributed by atoms with Crippen LogP contribution >= 0.6 is 0 Å². The Bertz CT molecular complexity index is 454. The van der Waals surface area contributed by atoms with Crippen molar-refractivity contribution in [3.8, 4) is 5.75 Å². The largest absolute Gasteiger partial charge is 0.484 e. The van der Waals surface area contributed by atoms with Crippen LogP contribution in [0.25, 0.3) is 0 Å². The van der Waals surface area contributed by atoms with E-state index in [1.54, 1.807) is 32.9 Å². The molecule has 0 aliphatic carbocycles. The third-order valence-corrected chi connectivity index (χ3v) is 2.38. The maximum atomic E-state index is 11.4. The van der Waals surface area contributed by atoms with Crippen LogP contribution in [0.1, 0.15) is 32.8 Å². The molecule has 1 aromatic carbocycles. The molecule has 0 radical (unpaired) electrons. The molecule has 0 saturated heterocycles.